The van der Waals surface area contributed by atoms with E-state index in [1.165, 1.54) is 4.90 Å². The molecule has 0 aliphatic carbocycles. The van der Waals surface area contributed by atoms with Crippen molar-refractivity contribution < 1.29 is 4.74 Å². The lowest BCUT2D eigenvalue weighted by Crippen LogP contribution is -2.12. The van der Waals surface area contributed by atoms with Gasteiger partial charge in [-0.1, -0.05) is 12.2 Å². The van der Waals surface area contributed by atoms with Crippen molar-refractivity contribution in [2.45, 2.75) is 4.90 Å². The average Bonchev–Trinajstić information content (AvgIpc) is 2.40. The second kappa shape index (κ2) is 5.79. The first-order valence-corrected chi connectivity index (χ1v) is 6.77. The quantitative estimate of drug-likeness (QED) is 0.685. The predicted molar refractivity (Wildman–Crippen MR) is 76.2 cm³/mol. The second-order valence-corrected chi connectivity index (χ2v) is 4.69. The minimum Gasteiger partial charge on any atom is -0.424 e. The molecule has 4 nitrogen and oxygen atoms in total. The smallest absolute Gasteiger partial charge is 0.322 e. The van der Waals surface area contributed by atoms with Gasteiger partial charge in [0.1, 0.15) is 16.4 Å². The fourth-order valence-corrected chi connectivity index (χ4v) is 1.80. The normalized spacial score (nSPS) is 10.1. The molecule has 1 aromatic heterocycles. The summed E-state index contributed by atoms with van der Waals surface area (Å²) < 4.78 is 5.52. The summed E-state index contributed by atoms with van der Waals surface area (Å²) in [6.45, 7) is 0. The predicted octanol–water partition coefficient (Wildman–Crippen LogP) is 2.62. The number of hydrogen-bond donors (Lipinski definition) is 1. The van der Waals surface area contributed by atoms with Crippen LogP contribution in [0.2, 0.25) is 0 Å². The van der Waals surface area contributed by atoms with Crippen molar-refractivity contribution in [1.82, 2.24) is 9.97 Å². The van der Waals surface area contributed by atoms with Gasteiger partial charge < -0.3 is 10.5 Å². The maximum absolute atomic E-state index is 5.52. The molecule has 0 spiro atoms. The van der Waals surface area contributed by atoms with Crippen LogP contribution in [0.5, 0.6) is 11.8 Å². The van der Waals surface area contributed by atoms with Crippen molar-refractivity contribution in [3.8, 4) is 11.8 Å². The Morgan fingerprint density at radius 1 is 1.28 bits per heavy atom. The Bertz CT molecular complexity index is 558. The molecule has 6 heteroatoms. The highest BCUT2D eigenvalue weighted by Crippen LogP contribution is 2.22. The molecule has 1 heterocycles. The molecule has 0 saturated carbocycles. The third-order valence-electron chi connectivity index (χ3n) is 2.15. The van der Waals surface area contributed by atoms with Crippen LogP contribution in [0.3, 0.4) is 0 Å². The molecule has 0 radical (unpaired) electrons. The minimum absolute atomic E-state index is 0.222. The van der Waals surface area contributed by atoms with E-state index in [0.29, 0.717) is 11.4 Å². The van der Waals surface area contributed by atoms with Gasteiger partial charge in [-0.05, 0) is 36.6 Å². The summed E-state index contributed by atoms with van der Waals surface area (Å²) in [5.74, 6) is 0.674. The molecule has 0 unspecified atom stereocenters. The third-order valence-corrected chi connectivity index (χ3v) is 3.11. The van der Waals surface area contributed by atoms with Crippen molar-refractivity contribution in [3.63, 3.8) is 0 Å². The first-order valence-electron chi connectivity index (χ1n) is 5.14. The largest absolute Gasteiger partial charge is 0.424 e. The third kappa shape index (κ3) is 3.18. The van der Waals surface area contributed by atoms with Gasteiger partial charge in [0.2, 0.25) is 0 Å². The summed E-state index contributed by atoms with van der Waals surface area (Å²) in [7, 11) is 0. The molecule has 0 aliphatic rings. The molecule has 2 aromatic rings. The van der Waals surface area contributed by atoms with Crippen LogP contribution in [0.15, 0.2) is 41.4 Å². The summed E-state index contributed by atoms with van der Waals surface area (Å²) in [4.78, 5) is 9.50. The highest BCUT2D eigenvalue weighted by Gasteiger charge is 2.04. The van der Waals surface area contributed by atoms with Gasteiger partial charge in [-0.3, -0.25) is 0 Å². The summed E-state index contributed by atoms with van der Waals surface area (Å²) >= 11 is 6.52. The first-order chi connectivity index (χ1) is 8.69. The van der Waals surface area contributed by atoms with Crippen LogP contribution in [0.1, 0.15) is 5.69 Å². The van der Waals surface area contributed by atoms with Crippen molar-refractivity contribution in [3.05, 3.63) is 42.2 Å². The SMILES string of the molecule is CSc1ccc(Oc2nccc(C(N)=S)n2)cc1. The summed E-state index contributed by atoms with van der Waals surface area (Å²) in [5, 5.41) is 0. The lowest BCUT2D eigenvalue weighted by atomic mass is 10.3. The molecule has 2 rings (SSSR count). The van der Waals surface area contributed by atoms with Crippen LogP contribution < -0.4 is 10.5 Å². The lowest BCUT2D eigenvalue weighted by Gasteiger charge is -2.05. The Morgan fingerprint density at radius 3 is 2.61 bits per heavy atom. The molecule has 18 heavy (non-hydrogen) atoms. The van der Waals surface area contributed by atoms with Gasteiger partial charge in [-0.2, -0.15) is 4.98 Å². The van der Waals surface area contributed by atoms with Crippen molar-refractivity contribution in [1.29, 1.82) is 0 Å². The number of rotatable bonds is 4. The highest BCUT2D eigenvalue weighted by atomic mass is 32.2. The van der Waals surface area contributed by atoms with E-state index in [-0.39, 0.29) is 11.0 Å². The molecule has 0 saturated heterocycles. The van der Waals surface area contributed by atoms with Crippen LogP contribution in [-0.2, 0) is 0 Å². The molecule has 0 atom stereocenters. The van der Waals surface area contributed by atoms with E-state index >= 15 is 0 Å². The minimum atomic E-state index is 0.222. The zero-order valence-corrected chi connectivity index (χ0v) is 11.3. The van der Waals surface area contributed by atoms with E-state index in [0.717, 1.165) is 0 Å². The zero-order valence-electron chi connectivity index (χ0n) is 9.66. The molecule has 0 amide bonds. The molecular weight excluding hydrogens is 266 g/mol. The topological polar surface area (TPSA) is 61.0 Å². The number of aromatic nitrogens is 2. The summed E-state index contributed by atoms with van der Waals surface area (Å²) in [6.07, 6.45) is 3.58. The highest BCUT2D eigenvalue weighted by molar-refractivity contribution is 7.98. The lowest BCUT2D eigenvalue weighted by molar-refractivity contribution is 0.441. The number of ether oxygens (including phenoxy) is 1. The number of thioether (sulfide) groups is 1. The molecule has 2 N–H and O–H groups in total. The number of nitrogens with zero attached hydrogens (tertiary/aromatic N) is 2. The molecule has 0 aliphatic heterocycles. The van der Waals surface area contributed by atoms with Gasteiger partial charge in [0.15, 0.2) is 0 Å². The van der Waals surface area contributed by atoms with Gasteiger partial charge in [-0.15, -0.1) is 11.8 Å². The molecule has 0 bridgehead atoms. The Labute approximate surface area is 115 Å². The van der Waals surface area contributed by atoms with Crippen LogP contribution in [0.25, 0.3) is 0 Å². The Kier molecular flexibility index (Phi) is 4.11. The number of benzene rings is 1. The van der Waals surface area contributed by atoms with Crippen LogP contribution in [-0.4, -0.2) is 21.2 Å². The maximum Gasteiger partial charge on any atom is 0.322 e. The second-order valence-electron chi connectivity index (χ2n) is 3.37. The van der Waals surface area contributed by atoms with Crippen LogP contribution in [0, 0.1) is 0 Å². The molecule has 92 valence electrons. The van der Waals surface area contributed by atoms with Gasteiger partial charge in [0, 0.05) is 11.1 Å². The zero-order chi connectivity index (χ0) is 13.0. The Morgan fingerprint density at radius 2 is 2.00 bits per heavy atom. The van der Waals surface area contributed by atoms with Gasteiger partial charge in [0.25, 0.3) is 0 Å². The van der Waals surface area contributed by atoms with E-state index in [9.17, 15) is 0 Å². The van der Waals surface area contributed by atoms with E-state index in [2.05, 4.69) is 9.97 Å². The molecule has 1 aromatic carbocycles. The Hall–Kier alpha value is -1.66. The van der Waals surface area contributed by atoms with E-state index < -0.39 is 0 Å². The fraction of sp³-hybridized carbons (Fsp3) is 0.0833. The van der Waals surface area contributed by atoms with Gasteiger partial charge in [0.05, 0.1) is 0 Å². The number of nitrogens with two attached hydrogens (primary N) is 1. The van der Waals surface area contributed by atoms with Crippen LogP contribution in [0.4, 0.5) is 0 Å². The number of thiocarbonyl (C=S) groups is 1. The van der Waals surface area contributed by atoms with E-state index in [1.807, 2.05) is 30.5 Å². The van der Waals surface area contributed by atoms with E-state index in [4.69, 9.17) is 22.7 Å². The van der Waals surface area contributed by atoms with E-state index in [1.54, 1.807) is 24.0 Å². The van der Waals surface area contributed by atoms with Gasteiger partial charge in [-0.25, -0.2) is 4.98 Å². The molecule has 0 fully saturated rings. The fourth-order valence-electron chi connectivity index (χ4n) is 1.28. The van der Waals surface area contributed by atoms with Crippen molar-refractivity contribution >= 4 is 29.0 Å². The Balaban J connectivity index is 2.17. The average molecular weight is 277 g/mol. The van der Waals surface area contributed by atoms with Crippen molar-refractivity contribution in [2.75, 3.05) is 6.26 Å². The summed E-state index contributed by atoms with van der Waals surface area (Å²) in [6, 6.07) is 9.55. The monoisotopic (exact) mass is 277 g/mol. The number of hydrogen-bond acceptors (Lipinski definition) is 5. The first kappa shape index (κ1) is 12.8. The van der Waals surface area contributed by atoms with Crippen molar-refractivity contribution in [2.24, 2.45) is 5.73 Å². The summed E-state index contributed by atoms with van der Waals surface area (Å²) in [5.41, 5.74) is 5.99. The van der Waals surface area contributed by atoms with Crippen LogP contribution >= 0.6 is 24.0 Å². The maximum atomic E-state index is 5.52. The standard InChI is InChI=1S/C12H11N3OS2/c1-18-9-4-2-8(3-5-9)16-12-14-7-6-10(15-12)11(13)17/h2-7H,1H3,(H2,13,17). The molecular formula is C12H11N3OS2. The van der Waals surface area contributed by atoms with Gasteiger partial charge >= 0.3 is 6.01 Å².